The predicted molar refractivity (Wildman–Crippen MR) is 74.5 cm³/mol. The number of aromatic nitrogens is 2. The van der Waals surface area contributed by atoms with Gasteiger partial charge in [0.2, 0.25) is 0 Å². The number of imidazole rings is 1. The van der Waals surface area contributed by atoms with Crippen LogP contribution in [0.25, 0.3) is 5.69 Å². The molecule has 0 atom stereocenters. The molecule has 7 heteroatoms. The van der Waals surface area contributed by atoms with E-state index < -0.39 is 11.7 Å². The molecule has 0 bridgehead atoms. The lowest BCUT2D eigenvalue weighted by Crippen LogP contribution is -2.08. The Kier molecular flexibility index (Phi) is 4.25. The summed E-state index contributed by atoms with van der Waals surface area (Å²) >= 11 is 0. The van der Waals surface area contributed by atoms with Gasteiger partial charge in [0, 0.05) is 6.92 Å². The van der Waals surface area contributed by atoms with Crippen molar-refractivity contribution in [2.45, 2.75) is 26.9 Å². The first-order valence-corrected chi connectivity index (χ1v) is 6.66. The number of ether oxygens (including phenoxy) is 1. The number of hydrogen-bond acceptors (Lipinski definition) is 3. The average molecular weight is 312 g/mol. The van der Waals surface area contributed by atoms with Crippen LogP contribution in [0.2, 0.25) is 0 Å². The van der Waals surface area contributed by atoms with Gasteiger partial charge in [-0.2, -0.15) is 18.2 Å². The summed E-state index contributed by atoms with van der Waals surface area (Å²) in [6, 6.07) is 4.91. The second kappa shape index (κ2) is 5.82. The fourth-order valence-electron chi connectivity index (χ4n) is 2.16. The second-order valence-corrected chi connectivity index (χ2v) is 4.70. The molecular weight excluding hydrogens is 297 g/mol. The van der Waals surface area contributed by atoms with E-state index in [2.05, 4.69) is 4.98 Å². The van der Waals surface area contributed by atoms with Crippen LogP contribution < -0.4 is 4.74 Å². The van der Waals surface area contributed by atoms with Crippen molar-refractivity contribution >= 4 is 5.78 Å². The smallest absolute Gasteiger partial charge is 0.416 e. The van der Waals surface area contributed by atoms with Crippen LogP contribution >= 0.6 is 0 Å². The predicted octanol–water partition coefficient (Wildman–Crippen LogP) is 3.80. The molecule has 0 fully saturated rings. The Morgan fingerprint density at radius 3 is 2.59 bits per heavy atom. The third-order valence-electron chi connectivity index (χ3n) is 3.12. The minimum atomic E-state index is -4.44. The molecule has 0 N–H and O–H groups in total. The van der Waals surface area contributed by atoms with Crippen LogP contribution in [-0.2, 0) is 6.18 Å². The van der Waals surface area contributed by atoms with E-state index in [1.807, 2.05) is 0 Å². The zero-order valence-electron chi connectivity index (χ0n) is 12.4. The molecule has 0 aliphatic heterocycles. The zero-order chi connectivity index (χ0) is 16.5. The van der Waals surface area contributed by atoms with Crippen molar-refractivity contribution in [2.75, 3.05) is 6.61 Å². The van der Waals surface area contributed by atoms with Gasteiger partial charge in [-0.15, -0.1) is 0 Å². The molecule has 2 aromatic rings. The van der Waals surface area contributed by atoms with Gasteiger partial charge >= 0.3 is 12.2 Å². The van der Waals surface area contributed by atoms with Crippen molar-refractivity contribution in [3.8, 4) is 11.7 Å². The number of carbonyl (C=O) groups is 1. The molecule has 1 heterocycles. The molecule has 0 saturated carbocycles. The second-order valence-electron chi connectivity index (χ2n) is 4.70. The quantitative estimate of drug-likeness (QED) is 0.807. The number of ketones is 1. The normalized spacial score (nSPS) is 11.5. The van der Waals surface area contributed by atoms with E-state index in [4.69, 9.17) is 4.74 Å². The van der Waals surface area contributed by atoms with E-state index >= 15 is 0 Å². The molecule has 4 nitrogen and oxygen atoms in total. The summed E-state index contributed by atoms with van der Waals surface area (Å²) in [5.74, 6) is -0.274. The highest BCUT2D eigenvalue weighted by molar-refractivity contribution is 5.93. The van der Waals surface area contributed by atoms with Gasteiger partial charge in [-0.3, -0.25) is 9.36 Å². The van der Waals surface area contributed by atoms with E-state index in [1.54, 1.807) is 13.8 Å². The third kappa shape index (κ3) is 2.98. The maximum absolute atomic E-state index is 12.9. The molecule has 0 aliphatic carbocycles. The molecule has 0 saturated heterocycles. The maximum atomic E-state index is 12.9. The van der Waals surface area contributed by atoms with E-state index in [0.717, 1.165) is 12.1 Å². The average Bonchev–Trinajstić information content (AvgIpc) is 2.75. The van der Waals surface area contributed by atoms with E-state index in [1.165, 1.54) is 23.6 Å². The van der Waals surface area contributed by atoms with Gasteiger partial charge < -0.3 is 4.74 Å². The van der Waals surface area contributed by atoms with Crippen LogP contribution in [0, 0.1) is 6.92 Å². The summed E-state index contributed by atoms with van der Waals surface area (Å²) < 4.78 is 45.3. The fraction of sp³-hybridized carbons (Fsp3) is 0.333. The number of Topliss-reactive ketones (excluding diaryl/α,β-unsaturated/α-hetero) is 1. The van der Waals surface area contributed by atoms with E-state index in [9.17, 15) is 18.0 Å². The highest BCUT2D eigenvalue weighted by Crippen LogP contribution is 2.32. The van der Waals surface area contributed by atoms with Gasteiger partial charge in [0.05, 0.1) is 23.6 Å². The first-order chi connectivity index (χ1) is 10.3. The van der Waals surface area contributed by atoms with Crippen molar-refractivity contribution in [1.29, 1.82) is 0 Å². The number of alkyl halides is 3. The van der Waals surface area contributed by atoms with Crippen LogP contribution in [0.15, 0.2) is 24.3 Å². The van der Waals surface area contributed by atoms with Crippen molar-refractivity contribution in [3.63, 3.8) is 0 Å². The molecule has 118 valence electrons. The third-order valence-corrected chi connectivity index (χ3v) is 3.12. The minimum absolute atomic E-state index is 0.101. The summed E-state index contributed by atoms with van der Waals surface area (Å²) in [4.78, 5) is 15.7. The Labute approximate surface area is 125 Å². The molecule has 0 spiro atoms. The number of hydrogen-bond donors (Lipinski definition) is 0. The molecule has 0 aliphatic rings. The van der Waals surface area contributed by atoms with Crippen LogP contribution in [0.4, 0.5) is 13.2 Å². The molecule has 0 amide bonds. The Bertz CT molecular complexity index is 705. The van der Waals surface area contributed by atoms with Crippen molar-refractivity contribution in [3.05, 3.63) is 41.2 Å². The van der Waals surface area contributed by atoms with Gasteiger partial charge in [0.1, 0.15) is 5.69 Å². The summed E-state index contributed by atoms with van der Waals surface area (Å²) in [6.45, 7) is 4.98. The SMILES string of the molecule is CCOc1nc(C(C)=O)c(C)n1-c1cccc(C(F)(F)F)c1. The maximum Gasteiger partial charge on any atom is 0.416 e. The first-order valence-electron chi connectivity index (χ1n) is 6.66. The Hall–Kier alpha value is -2.31. The Morgan fingerprint density at radius 2 is 2.05 bits per heavy atom. The van der Waals surface area contributed by atoms with Gasteiger partial charge in [0.15, 0.2) is 5.78 Å². The largest absolute Gasteiger partial charge is 0.465 e. The topological polar surface area (TPSA) is 44.1 Å². The fourth-order valence-corrected chi connectivity index (χ4v) is 2.16. The molecule has 1 aromatic carbocycles. The molecule has 2 rings (SSSR count). The highest BCUT2D eigenvalue weighted by atomic mass is 19.4. The van der Waals surface area contributed by atoms with Crippen molar-refractivity contribution < 1.29 is 22.7 Å². The number of rotatable bonds is 4. The molecular formula is C15H15F3N2O2. The molecule has 0 unspecified atom stereocenters. The Morgan fingerprint density at radius 1 is 1.36 bits per heavy atom. The van der Waals surface area contributed by atoms with E-state index in [0.29, 0.717) is 5.69 Å². The summed E-state index contributed by atoms with van der Waals surface area (Å²) in [6.07, 6.45) is -4.44. The lowest BCUT2D eigenvalue weighted by molar-refractivity contribution is -0.137. The summed E-state index contributed by atoms with van der Waals surface area (Å²) in [7, 11) is 0. The number of nitrogens with zero attached hydrogens (tertiary/aromatic N) is 2. The van der Waals surface area contributed by atoms with Gasteiger partial charge in [-0.25, -0.2) is 0 Å². The highest BCUT2D eigenvalue weighted by Gasteiger charge is 2.31. The van der Waals surface area contributed by atoms with Crippen molar-refractivity contribution in [1.82, 2.24) is 9.55 Å². The summed E-state index contributed by atoms with van der Waals surface area (Å²) in [5, 5.41) is 0. The standard InChI is InChI=1S/C15H15F3N2O2/c1-4-22-14-19-13(10(3)21)9(2)20(14)12-7-5-6-11(8-12)15(16,17)18/h5-8H,4H2,1-3H3. The Balaban J connectivity index is 2.63. The minimum Gasteiger partial charge on any atom is -0.465 e. The molecule has 1 aromatic heterocycles. The number of carbonyl (C=O) groups excluding carboxylic acids is 1. The summed E-state index contributed by atoms with van der Waals surface area (Å²) in [5.41, 5.74) is 0.0943. The van der Waals surface area contributed by atoms with Crippen molar-refractivity contribution in [2.24, 2.45) is 0 Å². The molecule has 0 radical (unpaired) electrons. The lowest BCUT2D eigenvalue weighted by Gasteiger charge is -2.12. The van der Waals surface area contributed by atoms with E-state index in [-0.39, 0.29) is 29.8 Å². The first kappa shape index (κ1) is 16.1. The lowest BCUT2D eigenvalue weighted by atomic mass is 10.2. The number of benzene rings is 1. The van der Waals surface area contributed by atoms with Gasteiger partial charge in [-0.05, 0) is 32.0 Å². The van der Waals surface area contributed by atoms with Crippen LogP contribution in [0.1, 0.15) is 35.6 Å². The van der Waals surface area contributed by atoms with Crippen LogP contribution in [0.5, 0.6) is 6.01 Å². The van der Waals surface area contributed by atoms with Crippen LogP contribution in [0.3, 0.4) is 0 Å². The molecule has 22 heavy (non-hydrogen) atoms. The van der Waals surface area contributed by atoms with Crippen LogP contribution in [-0.4, -0.2) is 21.9 Å². The zero-order valence-corrected chi connectivity index (χ0v) is 12.4. The monoisotopic (exact) mass is 312 g/mol. The number of halogens is 3. The van der Waals surface area contributed by atoms with Gasteiger partial charge in [-0.1, -0.05) is 6.07 Å². The van der Waals surface area contributed by atoms with Gasteiger partial charge in [0.25, 0.3) is 0 Å².